The first kappa shape index (κ1) is 12.0. The number of nitrogens with one attached hydrogen (secondary N) is 1. The van der Waals surface area contributed by atoms with E-state index in [0.717, 1.165) is 24.8 Å². The summed E-state index contributed by atoms with van der Waals surface area (Å²) in [6.07, 6.45) is 3.88. The standard InChI is InChI=1S/C15H21FN2/c1-2-18(15-6-4-3-5-13(15)16)10-11-9-12-7-8-14(11)17-12/h3-6,11-12,14,17H,2,7-10H2,1H3. The summed E-state index contributed by atoms with van der Waals surface area (Å²) in [5.74, 6) is 0.582. The minimum absolute atomic E-state index is 0.101. The van der Waals surface area contributed by atoms with E-state index < -0.39 is 0 Å². The molecule has 3 rings (SSSR count). The van der Waals surface area contributed by atoms with Crippen molar-refractivity contribution in [3.63, 3.8) is 0 Å². The lowest BCUT2D eigenvalue weighted by molar-refractivity contribution is 0.404. The fourth-order valence-corrected chi connectivity index (χ4v) is 3.53. The fraction of sp³-hybridized carbons (Fsp3) is 0.600. The predicted molar refractivity (Wildman–Crippen MR) is 72.3 cm³/mol. The van der Waals surface area contributed by atoms with Crippen molar-refractivity contribution in [2.24, 2.45) is 5.92 Å². The second-order valence-electron chi connectivity index (χ2n) is 5.53. The highest BCUT2D eigenvalue weighted by atomic mass is 19.1. The quantitative estimate of drug-likeness (QED) is 0.881. The molecule has 0 radical (unpaired) electrons. The molecule has 18 heavy (non-hydrogen) atoms. The van der Waals surface area contributed by atoms with Crippen LogP contribution in [-0.2, 0) is 0 Å². The van der Waals surface area contributed by atoms with Gasteiger partial charge < -0.3 is 10.2 Å². The Morgan fingerprint density at radius 3 is 2.78 bits per heavy atom. The Bertz CT molecular complexity index is 421. The number of fused-ring (bicyclic) bond motifs is 2. The van der Waals surface area contributed by atoms with Gasteiger partial charge in [-0.25, -0.2) is 4.39 Å². The number of nitrogens with zero attached hydrogens (tertiary/aromatic N) is 1. The van der Waals surface area contributed by atoms with Crippen LogP contribution in [0.5, 0.6) is 0 Å². The van der Waals surface area contributed by atoms with E-state index in [1.807, 2.05) is 12.1 Å². The van der Waals surface area contributed by atoms with E-state index in [4.69, 9.17) is 0 Å². The Morgan fingerprint density at radius 2 is 2.17 bits per heavy atom. The van der Waals surface area contributed by atoms with Crippen LogP contribution in [0, 0.1) is 11.7 Å². The van der Waals surface area contributed by atoms with Crippen molar-refractivity contribution in [3.05, 3.63) is 30.1 Å². The molecule has 1 aromatic rings. The van der Waals surface area contributed by atoms with Gasteiger partial charge in [0.05, 0.1) is 5.69 Å². The molecule has 2 nitrogen and oxygen atoms in total. The number of hydrogen-bond acceptors (Lipinski definition) is 2. The maximum absolute atomic E-state index is 13.8. The van der Waals surface area contributed by atoms with E-state index in [9.17, 15) is 4.39 Å². The first-order valence-corrected chi connectivity index (χ1v) is 7.03. The molecule has 0 amide bonds. The van der Waals surface area contributed by atoms with Gasteiger partial charge in [-0.15, -0.1) is 0 Å². The van der Waals surface area contributed by atoms with Crippen molar-refractivity contribution < 1.29 is 4.39 Å². The van der Waals surface area contributed by atoms with Crippen LogP contribution in [0.4, 0.5) is 10.1 Å². The van der Waals surface area contributed by atoms with Crippen molar-refractivity contribution >= 4 is 5.69 Å². The highest BCUT2D eigenvalue weighted by Crippen LogP contribution is 2.34. The van der Waals surface area contributed by atoms with Crippen LogP contribution >= 0.6 is 0 Å². The van der Waals surface area contributed by atoms with E-state index in [2.05, 4.69) is 17.1 Å². The molecule has 3 unspecified atom stereocenters. The number of hydrogen-bond donors (Lipinski definition) is 1. The Balaban J connectivity index is 1.72. The minimum Gasteiger partial charge on any atom is -0.369 e. The molecular formula is C15H21FN2. The lowest BCUT2D eigenvalue weighted by Crippen LogP contribution is -2.35. The number of rotatable bonds is 4. The third kappa shape index (κ3) is 2.12. The topological polar surface area (TPSA) is 15.3 Å². The van der Waals surface area contributed by atoms with Gasteiger partial charge in [0.2, 0.25) is 0 Å². The van der Waals surface area contributed by atoms with Gasteiger partial charge in [0, 0.05) is 25.2 Å². The second-order valence-corrected chi connectivity index (χ2v) is 5.53. The van der Waals surface area contributed by atoms with Crippen LogP contribution in [0.25, 0.3) is 0 Å². The fourth-order valence-electron chi connectivity index (χ4n) is 3.53. The molecule has 0 spiro atoms. The average molecular weight is 248 g/mol. The molecular weight excluding hydrogens is 227 g/mol. The van der Waals surface area contributed by atoms with Crippen molar-refractivity contribution in [1.29, 1.82) is 0 Å². The first-order chi connectivity index (χ1) is 8.78. The highest BCUT2D eigenvalue weighted by Gasteiger charge is 2.39. The lowest BCUT2D eigenvalue weighted by Gasteiger charge is -2.30. The Labute approximate surface area is 108 Å². The molecule has 1 N–H and O–H groups in total. The van der Waals surface area contributed by atoms with Gasteiger partial charge in [0.25, 0.3) is 0 Å². The average Bonchev–Trinajstić information content (AvgIpc) is 2.99. The molecule has 0 aliphatic carbocycles. The number of benzene rings is 1. The van der Waals surface area contributed by atoms with Crippen LogP contribution in [0.2, 0.25) is 0 Å². The highest BCUT2D eigenvalue weighted by molar-refractivity contribution is 5.47. The molecule has 2 aliphatic heterocycles. The normalized spacial score (nSPS) is 29.8. The molecule has 2 aliphatic rings. The third-order valence-corrected chi connectivity index (χ3v) is 4.46. The molecule has 2 saturated heterocycles. The van der Waals surface area contributed by atoms with E-state index >= 15 is 0 Å². The zero-order chi connectivity index (χ0) is 12.5. The van der Waals surface area contributed by atoms with E-state index in [-0.39, 0.29) is 5.82 Å². The largest absolute Gasteiger partial charge is 0.369 e. The molecule has 3 atom stereocenters. The summed E-state index contributed by atoms with van der Waals surface area (Å²) in [5.41, 5.74) is 0.753. The van der Waals surface area contributed by atoms with Crippen LogP contribution in [0.1, 0.15) is 26.2 Å². The first-order valence-electron chi connectivity index (χ1n) is 7.03. The van der Waals surface area contributed by atoms with Gasteiger partial charge in [-0.1, -0.05) is 12.1 Å². The molecule has 2 fully saturated rings. The predicted octanol–water partition coefficient (Wildman–Crippen LogP) is 2.79. The zero-order valence-corrected chi connectivity index (χ0v) is 10.9. The monoisotopic (exact) mass is 248 g/mol. The van der Waals surface area contributed by atoms with E-state index in [1.165, 1.54) is 19.3 Å². The summed E-state index contributed by atoms with van der Waals surface area (Å²) < 4.78 is 13.8. The van der Waals surface area contributed by atoms with Crippen molar-refractivity contribution in [2.45, 2.75) is 38.3 Å². The molecule has 0 saturated carbocycles. The number of halogens is 1. The van der Waals surface area contributed by atoms with Gasteiger partial charge in [0.15, 0.2) is 0 Å². The summed E-state index contributed by atoms with van der Waals surface area (Å²) >= 11 is 0. The van der Waals surface area contributed by atoms with E-state index in [1.54, 1.807) is 12.1 Å². The van der Waals surface area contributed by atoms with Crippen LogP contribution in [-0.4, -0.2) is 25.2 Å². The Hall–Kier alpha value is -1.09. The third-order valence-electron chi connectivity index (χ3n) is 4.46. The van der Waals surface area contributed by atoms with Crippen molar-refractivity contribution in [1.82, 2.24) is 5.32 Å². The minimum atomic E-state index is -0.101. The van der Waals surface area contributed by atoms with Gasteiger partial charge in [-0.3, -0.25) is 0 Å². The lowest BCUT2D eigenvalue weighted by atomic mass is 9.88. The number of anilines is 1. The van der Waals surface area contributed by atoms with Gasteiger partial charge >= 0.3 is 0 Å². The summed E-state index contributed by atoms with van der Waals surface area (Å²) in [7, 11) is 0. The summed E-state index contributed by atoms with van der Waals surface area (Å²) in [6, 6.07) is 8.50. The molecule has 1 aromatic carbocycles. The molecule has 98 valence electrons. The van der Waals surface area contributed by atoms with Crippen LogP contribution < -0.4 is 10.2 Å². The maximum atomic E-state index is 13.8. The Kier molecular flexibility index (Phi) is 3.25. The van der Waals surface area contributed by atoms with E-state index in [0.29, 0.717) is 12.0 Å². The van der Waals surface area contributed by atoms with Crippen LogP contribution in [0.15, 0.2) is 24.3 Å². The van der Waals surface area contributed by atoms with Gasteiger partial charge in [0.1, 0.15) is 5.82 Å². The number of para-hydroxylation sites is 1. The summed E-state index contributed by atoms with van der Waals surface area (Å²) in [5, 5.41) is 3.65. The Morgan fingerprint density at radius 1 is 1.33 bits per heavy atom. The van der Waals surface area contributed by atoms with Crippen LogP contribution in [0.3, 0.4) is 0 Å². The maximum Gasteiger partial charge on any atom is 0.146 e. The van der Waals surface area contributed by atoms with Crippen molar-refractivity contribution in [2.75, 3.05) is 18.0 Å². The van der Waals surface area contributed by atoms with Gasteiger partial charge in [-0.05, 0) is 44.2 Å². The second kappa shape index (κ2) is 4.88. The summed E-state index contributed by atoms with van der Waals surface area (Å²) in [4.78, 5) is 2.18. The SMILES string of the molecule is CCN(CC1CC2CCC1N2)c1ccccc1F. The summed E-state index contributed by atoms with van der Waals surface area (Å²) in [6.45, 7) is 3.95. The zero-order valence-electron chi connectivity index (χ0n) is 10.9. The van der Waals surface area contributed by atoms with Crippen molar-refractivity contribution in [3.8, 4) is 0 Å². The molecule has 2 heterocycles. The molecule has 2 bridgehead atoms. The molecule has 3 heteroatoms. The molecule has 0 aromatic heterocycles. The smallest absolute Gasteiger partial charge is 0.146 e. The van der Waals surface area contributed by atoms with Gasteiger partial charge in [-0.2, -0.15) is 0 Å².